The van der Waals surface area contributed by atoms with Crippen molar-refractivity contribution in [3.63, 3.8) is 0 Å². The Bertz CT molecular complexity index is 656. The third-order valence-corrected chi connectivity index (χ3v) is 3.03. The molecule has 0 fully saturated rings. The van der Waals surface area contributed by atoms with Crippen molar-refractivity contribution >= 4 is 17.2 Å². The maximum Gasteiger partial charge on any atom is 0.129 e. The first kappa shape index (κ1) is 15.2. The van der Waals surface area contributed by atoms with Crippen molar-refractivity contribution in [3.05, 3.63) is 59.2 Å². The molecule has 0 radical (unpaired) electrons. The highest BCUT2D eigenvalue weighted by atomic mass is 32.1. The van der Waals surface area contributed by atoms with Gasteiger partial charge in [-0.25, -0.2) is 8.78 Å². The zero-order valence-electron chi connectivity index (χ0n) is 11.2. The quantitative estimate of drug-likeness (QED) is 0.862. The second-order valence-corrected chi connectivity index (χ2v) is 4.72. The van der Waals surface area contributed by atoms with Gasteiger partial charge in [0.1, 0.15) is 34.7 Å². The minimum absolute atomic E-state index is 0.0719. The van der Waals surface area contributed by atoms with Gasteiger partial charge in [-0.15, -0.1) is 0 Å². The van der Waals surface area contributed by atoms with E-state index in [0.29, 0.717) is 16.9 Å². The first-order valence-corrected chi connectivity index (χ1v) is 6.46. The molecule has 2 N–H and O–H groups in total. The third-order valence-electron chi connectivity index (χ3n) is 2.80. The molecule has 0 bridgehead atoms. The van der Waals surface area contributed by atoms with E-state index < -0.39 is 11.6 Å². The highest BCUT2D eigenvalue weighted by Crippen LogP contribution is 2.23. The molecule has 3 nitrogen and oxygen atoms in total. The van der Waals surface area contributed by atoms with E-state index in [9.17, 15) is 8.78 Å². The molecule has 2 aromatic carbocycles. The fourth-order valence-electron chi connectivity index (χ4n) is 1.82. The Hall–Kier alpha value is -2.21. The molecule has 0 aliphatic carbocycles. The van der Waals surface area contributed by atoms with E-state index in [-0.39, 0.29) is 17.3 Å². The Labute approximate surface area is 126 Å². The Kier molecular flexibility index (Phi) is 4.70. The first-order chi connectivity index (χ1) is 9.99. The van der Waals surface area contributed by atoms with Gasteiger partial charge in [0.05, 0.1) is 7.11 Å². The molecule has 0 aliphatic rings. The number of methoxy groups -OCH3 is 1. The Morgan fingerprint density at radius 1 is 1.14 bits per heavy atom. The SMILES string of the molecule is COc1ccc(C(N)=S)cc1COc1cc(F)cc(F)c1. The number of halogens is 2. The molecule has 0 unspecified atom stereocenters. The predicted octanol–water partition coefficient (Wildman–Crippen LogP) is 3.19. The average molecular weight is 309 g/mol. The number of hydrogen-bond acceptors (Lipinski definition) is 3. The van der Waals surface area contributed by atoms with Gasteiger partial charge in [0.2, 0.25) is 0 Å². The van der Waals surface area contributed by atoms with Crippen molar-refractivity contribution in [1.82, 2.24) is 0 Å². The van der Waals surface area contributed by atoms with E-state index >= 15 is 0 Å². The summed E-state index contributed by atoms with van der Waals surface area (Å²) in [5.74, 6) is -0.732. The Balaban J connectivity index is 2.21. The molecule has 110 valence electrons. The van der Waals surface area contributed by atoms with Crippen LogP contribution in [0.3, 0.4) is 0 Å². The molecule has 21 heavy (non-hydrogen) atoms. The molecular formula is C15H13F2NO2S. The molecule has 0 atom stereocenters. The minimum atomic E-state index is -0.700. The summed E-state index contributed by atoms with van der Waals surface area (Å²) in [6.45, 7) is 0.0719. The molecule has 0 spiro atoms. The van der Waals surface area contributed by atoms with Gasteiger partial charge in [-0.1, -0.05) is 12.2 Å². The van der Waals surface area contributed by atoms with Crippen LogP contribution in [0.4, 0.5) is 8.78 Å². The summed E-state index contributed by atoms with van der Waals surface area (Å²) in [5.41, 5.74) is 6.91. The smallest absolute Gasteiger partial charge is 0.129 e. The van der Waals surface area contributed by atoms with Gasteiger partial charge < -0.3 is 15.2 Å². The van der Waals surface area contributed by atoms with Crippen LogP contribution < -0.4 is 15.2 Å². The van der Waals surface area contributed by atoms with Crippen LogP contribution >= 0.6 is 12.2 Å². The molecule has 0 saturated carbocycles. The van der Waals surface area contributed by atoms with Gasteiger partial charge in [0.25, 0.3) is 0 Å². The molecule has 0 aromatic heterocycles. The summed E-state index contributed by atoms with van der Waals surface area (Å²) >= 11 is 4.91. The third kappa shape index (κ3) is 3.88. The summed E-state index contributed by atoms with van der Waals surface area (Å²) in [4.78, 5) is 0.246. The van der Waals surface area contributed by atoms with Crippen molar-refractivity contribution in [3.8, 4) is 11.5 Å². The number of ether oxygens (including phenoxy) is 2. The topological polar surface area (TPSA) is 44.5 Å². The van der Waals surface area contributed by atoms with Crippen molar-refractivity contribution in [2.45, 2.75) is 6.61 Å². The molecule has 2 rings (SSSR count). The molecular weight excluding hydrogens is 296 g/mol. The molecule has 0 aliphatic heterocycles. The number of benzene rings is 2. The Morgan fingerprint density at radius 3 is 2.38 bits per heavy atom. The van der Waals surface area contributed by atoms with Crippen molar-refractivity contribution < 1.29 is 18.3 Å². The summed E-state index contributed by atoms with van der Waals surface area (Å²) < 4.78 is 36.8. The number of hydrogen-bond donors (Lipinski definition) is 1. The highest BCUT2D eigenvalue weighted by Gasteiger charge is 2.08. The first-order valence-electron chi connectivity index (χ1n) is 6.05. The molecule has 0 heterocycles. The van der Waals surface area contributed by atoms with Crippen LogP contribution in [-0.2, 0) is 6.61 Å². The largest absolute Gasteiger partial charge is 0.496 e. The molecule has 0 amide bonds. The van der Waals surface area contributed by atoms with Gasteiger partial charge in [-0.3, -0.25) is 0 Å². The second kappa shape index (κ2) is 6.49. The van der Waals surface area contributed by atoms with Crippen LogP contribution in [0.2, 0.25) is 0 Å². The van der Waals surface area contributed by atoms with Gasteiger partial charge in [0.15, 0.2) is 0 Å². The van der Waals surface area contributed by atoms with E-state index in [4.69, 9.17) is 27.4 Å². The zero-order chi connectivity index (χ0) is 15.4. The zero-order valence-corrected chi connectivity index (χ0v) is 12.0. The summed E-state index contributed by atoms with van der Waals surface area (Å²) in [5, 5.41) is 0. The van der Waals surface area contributed by atoms with Crippen LogP contribution in [0.5, 0.6) is 11.5 Å². The van der Waals surface area contributed by atoms with E-state index in [1.165, 1.54) is 7.11 Å². The van der Waals surface area contributed by atoms with Gasteiger partial charge in [-0.2, -0.15) is 0 Å². The van der Waals surface area contributed by atoms with E-state index in [0.717, 1.165) is 18.2 Å². The van der Waals surface area contributed by atoms with Crippen LogP contribution in [0.1, 0.15) is 11.1 Å². The fourth-order valence-corrected chi connectivity index (χ4v) is 1.94. The predicted molar refractivity (Wildman–Crippen MR) is 79.6 cm³/mol. The van der Waals surface area contributed by atoms with Gasteiger partial charge in [0, 0.05) is 29.3 Å². The van der Waals surface area contributed by atoms with E-state index in [2.05, 4.69) is 0 Å². The van der Waals surface area contributed by atoms with Crippen molar-refractivity contribution in [2.24, 2.45) is 5.73 Å². The van der Waals surface area contributed by atoms with E-state index in [1.807, 2.05) is 0 Å². The number of nitrogens with two attached hydrogens (primary N) is 1. The second-order valence-electron chi connectivity index (χ2n) is 4.28. The molecule has 6 heteroatoms. The maximum atomic E-state index is 13.1. The van der Waals surface area contributed by atoms with Crippen LogP contribution in [0.15, 0.2) is 36.4 Å². The normalized spacial score (nSPS) is 10.2. The standard InChI is InChI=1S/C15H13F2NO2S/c1-19-14-3-2-9(15(18)21)4-10(14)8-20-13-6-11(16)5-12(17)7-13/h2-7H,8H2,1H3,(H2,18,21). The average Bonchev–Trinajstić information content (AvgIpc) is 2.43. The van der Waals surface area contributed by atoms with Crippen LogP contribution in [0.25, 0.3) is 0 Å². The minimum Gasteiger partial charge on any atom is -0.496 e. The summed E-state index contributed by atoms with van der Waals surface area (Å²) in [6, 6.07) is 8.14. The van der Waals surface area contributed by atoms with Crippen molar-refractivity contribution in [2.75, 3.05) is 7.11 Å². The maximum absolute atomic E-state index is 13.1. The Morgan fingerprint density at radius 2 is 1.81 bits per heavy atom. The lowest BCUT2D eigenvalue weighted by atomic mass is 10.1. The molecule has 2 aromatic rings. The highest BCUT2D eigenvalue weighted by molar-refractivity contribution is 7.80. The van der Waals surface area contributed by atoms with Crippen LogP contribution in [0, 0.1) is 11.6 Å². The van der Waals surface area contributed by atoms with Gasteiger partial charge in [-0.05, 0) is 18.2 Å². The summed E-state index contributed by atoms with van der Waals surface area (Å²) in [6.07, 6.45) is 0. The number of thiocarbonyl (C=S) groups is 1. The number of rotatable bonds is 5. The lowest BCUT2D eigenvalue weighted by Gasteiger charge is -2.12. The monoisotopic (exact) mass is 309 g/mol. The van der Waals surface area contributed by atoms with Crippen molar-refractivity contribution in [1.29, 1.82) is 0 Å². The van der Waals surface area contributed by atoms with Gasteiger partial charge >= 0.3 is 0 Å². The summed E-state index contributed by atoms with van der Waals surface area (Å²) in [7, 11) is 1.52. The lowest BCUT2D eigenvalue weighted by molar-refractivity contribution is 0.293. The van der Waals surface area contributed by atoms with E-state index in [1.54, 1.807) is 18.2 Å². The lowest BCUT2D eigenvalue weighted by Crippen LogP contribution is -2.10. The van der Waals surface area contributed by atoms with Crippen LogP contribution in [-0.4, -0.2) is 12.1 Å². The fraction of sp³-hybridized carbons (Fsp3) is 0.133. The molecule has 0 saturated heterocycles.